The molecule has 4 heteroatoms. The van der Waals surface area contributed by atoms with E-state index < -0.39 is 0 Å². The Kier molecular flexibility index (Phi) is 5.83. The summed E-state index contributed by atoms with van der Waals surface area (Å²) in [7, 11) is 0. The van der Waals surface area contributed by atoms with Crippen LogP contribution in [-0.2, 0) is 4.79 Å². The first-order valence-electron chi connectivity index (χ1n) is 8.46. The number of anilines is 1. The van der Waals surface area contributed by atoms with Gasteiger partial charge >= 0.3 is 0 Å². The van der Waals surface area contributed by atoms with Gasteiger partial charge in [0.05, 0.1) is 5.69 Å². The fourth-order valence-electron chi connectivity index (χ4n) is 2.81. The maximum Gasteiger partial charge on any atom is 0.268 e. The van der Waals surface area contributed by atoms with Crippen LogP contribution < -0.4 is 15.4 Å². The third-order valence-corrected chi connectivity index (χ3v) is 4.22. The highest BCUT2D eigenvalue weighted by atomic mass is 16.5. The second-order valence-electron chi connectivity index (χ2n) is 6.08. The van der Waals surface area contributed by atoms with E-state index in [9.17, 15) is 4.79 Å². The summed E-state index contributed by atoms with van der Waals surface area (Å²) in [6.45, 7) is 6.89. The average molecular weight is 304 g/mol. The highest BCUT2D eigenvalue weighted by Gasteiger charge is 2.33. The summed E-state index contributed by atoms with van der Waals surface area (Å²) >= 11 is 0. The van der Waals surface area contributed by atoms with Crippen LogP contribution >= 0.6 is 0 Å². The quantitative estimate of drug-likeness (QED) is 0.780. The van der Waals surface area contributed by atoms with Gasteiger partial charge in [-0.1, -0.05) is 39.2 Å². The molecule has 0 aliphatic carbocycles. The summed E-state index contributed by atoms with van der Waals surface area (Å²) in [4.78, 5) is 14.5. The molecule has 0 spiro atoms. The van der Waals surface area contributed by atoms with Crippen LogP contribution in [-0.4, -0.2) is 18.6 Å². The van der Waals surface area contributed by atoms with Crippen molar-refractivity contribution in [2.45, 2.75) is 65.0 Å². The first kappa shape index (κ1) is 16.8. The molecule has 2 N–H and O–H groups in total. The lowest BCUT2D eigenvalue weighted by molar-refractivity contribution is -0.126. The molecule has 0 aromatic heterocycles. The van der Waals surface area contributed by atoms with E-state index >= 15 is 0 Å². The van der Waals surface area contributed by atoms with E-state index in [1.165, 1.54) is 12.8 Å². The summed E-state index contributed by atoms with van der Waals surface area (Å²) in [5.74, 6) is 0.875. The van der Waals surface area contributed by atoms with E-state index in [0.717, 1.165) is 36.4 Å². The number of hydrogen-bond donors (Lipinski definition) is 1. The summed E-state index contributed by atoms with van der Waals surface area (Å²) in [5, 5.41) is 0. The molecule has 0 saturated carbocycles. The molecular weight excluding hydrogens is 276 g/mol. The number of benzene rings is 1. The topological polar surface area (TPSA) is 55.6 Å². The van der Waals surface area contributed by atoms with Crippen molar-refractivity contribution >= 4 is 11.6 Å². The van der Waals surface area contributed by atoms with Crippen molar-refractivity contribution in [2.75, 3.05) is 11.4 Å². The van der Waals surface area contributed by atoms with Gasteiger partial charge in [-0.05, 0) is 37.5 Å². The van der Waals surface area contributed by atoms with Crippen LogP contribution in [0.1, 0.15) is 64.5 Å². The van der Waals surface area contributed by atoms with Crippen LogP contribution in [0.5, 0.6) is 5.75 Å². The molecule has 0 radical (unpaired) electrons. The third kappa shape index (κ3) is 3.61. The van der Waals surface area contributed by atoms with E-state index in [1.807, 2.05) is 36.9 Å². The first-order valence-corrected chi connectivity index (χ1v) is 8.46. The highest BCUT2D eigenvalue weighted by Crippen LogP contribution is 2.36. The zero-order valence-electron chi connectivity index (χ0n) is 14.0. The molecule has 4 nitrogen and oxygen atoms in total. The molecule has 22 heavy (non-hydrogen) atoms. The van der Waals surface area contributed by atoms with Crippen molar-refractivity contribution in [3.63, 3.8) is 0 Å². The Labute approximate surface area is 133 Å². The molecule has 1 aromatic rings. The largest absolute Gasteiger partial charge is 0.478 e. The molecule has 2 unspecified atom stereocenters. The minimum absolute atomic E-state index is 0.0498. The van der Waals surface area contributed by atoms with Gasteiger partial charge in [-0.3, -0.25) is 4.79 Å². The van der Waals surface area contributed by atoms with Gasteiger partial charge in [-0.15, -0.1) is 0 Å². The fourth-order valence-corrected chi connectivity index (χ4v) is 2.81. The Bertz CT molecular complexity index is 514. The molecule has 2 atom stereocenters. The summed E-state index contributed by atoms with van der Waals surface area (Å²) in [6.07, 6.45) is 4.92. The van der Waals surface area contributed by atoms with Gasteiger partial charge in [-0.2, -0.15) is 0 Å². The Balaban J connectivity index is 2.25. The number of rotatable bonds is 7. The molecule has 0 saturated heterocycles. The molecule has 122 valence electrons. The number of unbranched alkanes of at least 4 members (excludes halogenated alkanes) is 3. The number of hydrogen-bond acceptors (Lipinski definition) is 3. The number of ether oxygens (including phenoxy) is 1. The second-order valence-corrected chi connectivity index (χ2v) is 6.08. The van der Waals surface area contributed by atoms with Gasteiger partial charge < -0.3 is 15.4 Å². The van der Waals surface area contributed by atoms with E-state index in [2.05, 4.69) is 6.92 Å². The zero-order chi connectivity index (χ0) is 16.1. The number of amides is 1. The summed E-state index contributed by atoms with van der Waals surface area (Å²) in [5.41, 5.74) is 7.88. The normalized spacial score (nSPS) is 18.8. The first-order chi connectivity index (χ1) is 10.6. The van der Waals surface area contributed by atoms with E-state index in [0.29, 0.717) is 6.42 Å². The predicted octanol–water partition coefficient (Wildman–Crippen LogP) is 3.79. The van der Waals surface area contributed by atoms with Gasteiger partial charge in [0.15, 0.2) is 6.10 Å². The number of nitrogens with zero attached hydrogens (tertiary/aromatic N) is 1. The molecule has 1 aromatic carbocycles. The van der Waals surface area contributed by atoms with E-state index in [4.69, 9.17) is 10.5 Å². The fraction of sp³-hybridized carbons (Fsp3) is 0.611. The Morgan fingerprint density at radius 3 is 2.68 bits per heavy atom. The molecule has 2 rings (SSSR count). The van der Waals surface area contributed by atoms with Crippen LogP contribution in [0, 0.1) is 0 Å². The van der Waals surface area contributed by atoms with Crippen molar-refractivity contribution in [1.29, 1.82) is 0 Å². The second kappa shape index (κ2) is 7.63. The van der Waals surface area contributed by atoms with Gasteiger partial charge in [0.1, 0.15) is 5.75 Å². The maximum absolute atomic E-state index is 12.6. The molecule has 1 heterocycles. The van der Waals surface area contributed by atoms with Crippen molar-refractivity contribution in [3.05, 3.63) is 23.8 Å². The number of carbonyl (C=O) groups is 1. The van der Waals surface area contributed by atoms with Gasteiger partial charge in [-0.25, -0.2) is 0 Å². The molecule has 0 fully saturated rings. The molecular formula is C18H28N2O2. The van der Waals surface area contributed by atoms with Crippen LogP contribution in [0.15, 0.2) is 18.2 Å². The Morgan fingerprint density at radius 2 is 2.05 bits per heavy atom. The highest BCUT2D eigenvalue weighted by molar-refractivity contribution is 6.00. The lowest BCUT2D eigenvalue weighted by Crippen LogP contribution is -2.46. The predicted molar refractivity (Wildman–Crippen MR) is 90.2 cm³/mol. The Morgan fingerprint density at radius 1 is 1.27 bits per heavy atom. The van der Waals surface area contributed by atoms with Crippen LogP contribution in [0.3, 0.4) is 0 Å². The summed E-state index contributed by atoms with van der Waals surface area (Å²) in [6, 6.07) is 5.89. The number of fused-ring (bicyclic) bond motifs is 1. The van der Waals surface area contributed by atoms with Crippen molar-refractivity contribution in [1.82, 2.24) is 0 Å². The molecule has 1 amide bonds. The minimum atomic E-state index is -0.361. The van der Waals surface area contributed by atoms with Crippen LogP contribution in [0.25, 0.3) is 0 Å². The van der Waals surface area contributed by atoms with Crippen LogP contribution in [0.2, 0.25) is 0 Å². The monoisotopic (exact) mass is 304 g/mol. The lowest BCUT2D eigenvalue weighted by Gasteiger charge is -2.34. The van der Waals surface area contributed by atoms with E-state index in [1.54, 1.807) is 0 Å². The van der Waals surface area contributed by atoms with Crippen LogP contribution in [0.4, 0.5) is 5.69 Å². The minimum Gasteiger partial charge on any atom is -0.478 e. The smallest absolute Gasteiger partial charge is 0.268 e. The summed E-state index contributed by atoms with van der Waals surface area (Å²) < 4.78 is 5.85. The van der Waals surface area contributed by atoms with Gasteiger partial charge in [0.25, 0.3) is 5.91 Å². The van der Waals surface area contributed by atoms with Crippen molar-refractivity contribution < 1.29 is 9.53 Å². The zero-order valence-corrected chi connectivity index (χ0v) is 14.0. The standard InChI is InChI=1S/C18H28N2O2/c1-4-6-7-8-11-20-15-12-14(13(3)19)9-10-17(15)22-16(5-2)18(20)21/h9-10,12-13,16H,4-8,11,19H2,1-3H3. The number of nitrogens with two attached hydrogens (primary N) is 1. The Hall–Kier alpha value is -1.55. The average Bonchev–Trinajstić information content (AvgIpc) is 2.52. The SMILES string of the molecule is CCCCCCN1C(=O)C(CC)Oc2ccc(C(C)N)cc21. The molecule has 1 aliphatic rings. The van der Waals surface area contributed by atoms with Crippen molar-refractivity contribution in [2.24, 2.45) is 5.73 Å². The van der Waals surface area contributed by atoms with Gasteiger partial charge in [0, 0.05) is 12.6 Å². The van der Waals surface area contributed by atoms with E-state index in [-0.39, 0.29) is 18.1 Å². The molecule has 1 aliphatic heterocycles. The third-order valence-electron chi connectivity index (χ3n) is 4.22. The van der Waals surface area contributed by atoms with Crippen molar-refractivity contribution in [3.8, 4) is 5.75 Å². The lowest BCUT2D eigenvalue weighted by atomic mass is 10.0. The van der Waals surface area contributed by atoms with Gasteiger partial charge in [0.2, 0.25) is 0 Å². The maximum atomic E-state index is 12.6. The molecule has 0 bridgehead atoms. The number of carbonyl (C=O) groups excluding carboxylic acids is 1.